The lowest BCUT2D eigenvalue weighted by atomic mass is 10.1. The smallest absolute Gasteiger partial charge is 0.325 e. The molecular weight excluding hydrogens is 256 g/mol. The molecule has 0 aromatic carbocycles. The van der Waals surface area contributed by atoms with Gasteiger partial charge in [-0.25, -0.2) is 0 Å². The summed E-state index contributed by atoms with van der Waals surface area (Å²) in [6, 6.07) is 3.75. The van der Waals surface area contributed by atoms with Crippen LogP contribution in [0.15, 0.2) is 24.5 Å². The molecule has 20 heavy (non-hydrogen) atoms. The second kappa shape index (κ2) is 8.30. The number of nitrogens with zero attached hydrogens (tertiary/aromatic N) is 2. The quantitative estimate of drug-likeness (QED) is 0.714. The van der Waals surface area contributed by atoms with Crippen LogP contribution in [0.5, 0.6) is 0 Å². The second-order valence-electron chi connectivity index (χ2n) is 4.78. The van der Waals surface area contributed by atoms with Gasteiger partial charge in [0, 0.05) is 24.9 Å². The Balaban J connectivity index is 2.54. The average Bonchev–Trinajstić information content (AvgIpc) is 2.43. The van der Waals surface area contributed by atoms with Crippen LogP contribution in [0.4, 0.5) is 0 Å². The van der Waals surface area contributed by atoms with Gasteiger partial charge in [0.05, 0.1) is 6.61 Å². The van der Waals surface area contributed by atoms with Crippen LogP contribution in [-0.4, -0.2) is 41.0 Å². The van der Waals surface area contributed by atoms with Crippen molar-refractivity contribution in [2.45, 2.75) is 39.7 Å². The zero-order chi connectivity index (χ0) is 15.0. The molecule has 0 aliphatic carbocycles. The Hall–Kier alpha value is -1.91. The molecule has 110 valence electrons. The van der Waals surface area contributed by atoms with Crippen molar-refractivity contribution in [3.63, 3.8) is 0 Å². The third-order valence-electron chi connectivity index (χ3n) is 2.90. The third kappa shape index (κ3) is 5.38. The zero-order valence-electron chi connectivity index (χ0n) is 12.3. The number of hydrogen-bond donors (Lipinski definition) is 0. The first-order chi connectivity index (χ1) is 9.54. The Kier molecular flexibility index (Phi) is 6.70. The van der Waals surface area contributed by atoms with Crippen LogP contribution < -0.4 is 0 Å². The van der Waals surface area contributed by atoms with Gasteiger partial charge in [-0.1, -0.05) is 6.07 Å². The number of hydrogen-bond acceptors (Lipinski definition) is 4. The van der Waals surface area contributed by atoms with Crippen LogP contribution in [0.1, 0.15) is 32.8 Å². The molecule has 0 saturated heterocycles. The maximum absolute atomic E-state index is 12.2. The topological polar surface area (TPSA) is 59.5 Å². The molecule has 1 aromatic rings. The molecule has 0 aliphatic rings. The van der Waals surface area contributed by atoms with Crippen molar-refractivity contribution in [3.05, 3.63) is 30.1 Å². The van der Waals surface area contributed by atoms with E-state index in [1.54, 1.807) is 24.2 Å². The van der Waals surface area contributed by atoms with E-state index in [1.807, 2.05) is 26.0 Å². The number of aromatic nitrogens is 1. The molecule has 5 nitrogen and oxygen atoms in total. The van der Waals surface area contributed by atoms with Crippen molar-refractivity contribution < 1.29 is 14.3 Å². The summed E-state index contributed by atoms with van der Waals surface area (Å²) in [5.41, 5.74) is 1.01. The highest BCUT2D eigenvalue weighted by Gasteiger charge is 2.20. The van der Waals surface area contributed by atoms with E-state index in [0.717, 1.165) is 5.56 Å². The molecule has 0 bridgehead atoms. The summed E-state index contributed by atoms with van der Waals surface area (Å²) in [6.07, 6.45) is 4.44. The summed E-state index contributed by atoms with van der Waals surface area (Å²) in [5.74, 6) is -0.409. The molecule has 0 unspecified atom stereocenters. The number of rotatable bonds is 7. The van der Waals surface area contributed by atoms with E-state index >= 15 is 0 Å². The van der Waals surface area contributed by atoms with E-state index < -0.39 is 0 Å². The highest BCUT2D eigenvalue weighted by atomic mass is 16.5. The van der Waals surface area contributed by atoms with Gasteiger partial charge >= 0.3 is 5.97 Å². The minimum Gasteiger partial charge on any atom is -0.465 e. The van der Waals surface area contributed by atoms with Gasteiger partial charge in [-0.3, -0.25) is 14.6 Å². The summed E-state index contributed by atoms with van der Waals surface area (Å²) >= 11 is 0. The van der Waals surface area contributed by atoms with Gasteiger partial charge in [0.2, 0.25) is 5.91 Å². The van der Waals surface area contributed by atoms with Gasteiger partial charge in [0.25, 0.3) is 0 Å². The van der Waals surface area contributed by atoms with Crippen LogP contribution in [0.2, 0.25) is 0 Å². The Labute approximate surface area is 119 Å². The van der Waals surface area contributed by atoms with Crippen LogP contribution in [0.3, 0.4) is 0 Å². The van der Waals surface area contributed by atoms with E-state index in [2.05, 4.69) is 4.98 Å². The summed E-state index contributed by atoms with van der Waals surface area (Å²) < 4.78 is 4.89. The van der Waals surface area contributed by atoms with Crippen LogP contribution >= 0.6 is 0 Å². The predicted molar refractivity (Wildman–Crippen MR) is 76.0 cm³/mol. The summed E-state index contributed by atoms with van der Waals surface area (Å²) in [5, 5.41) is 0. The van der Waals surface area contributed by atoms with Crippen LogP contribution in [0.25, 0.3) is 0 Å². The molecule has 0 radical (unpaired) electrons. The fraction of sp³-hybridized carbons (Fsp3) is 0.533. The van der Waals surface area contributed by atoms with Crippen molar-refractivity contribution in [2.75, 3.05) is 13.2 Å². The third-order valence-corrected chi connectivity index (χ3v) is 2.90. The molecule has 0 aliphatic heterocycles. The highest BCUT2D eigenvalue weighted by Crippen LogP contribution is 2.07. The lowest BCUT2D eigenvalue weighted by Gasteiger charge is -2.25. The number of aryl methyl sites for hydroxylation is 1. The normalized spacial score (nSPS) is 10.4. The van der Waals surface area contributed by atoms with Crippen molar-refractivity contribution >= 4 is 11.9 Å². The number of pyridine rings is 1. The first-order valence-electron chi connectivity index (χ1n) is 6.88. The Morgan fingerprint density at radius 3 is 2.70 bits per heavy atom. The van der Waals surface area contributed by atoms with E-state index in [9.17, 15) is 9.59 Å². The molecule has 0 N–H and O–H groups in total. The van der Waals surface area contributed by atoms with Crippen LogP contribution in [-0.2, 0) is 20.7 Å². The largest absolute Gasteiger partial charge is 0.465 e. The van der Waals surface area contributed by atoms with Crippen molar-refractivity contribution in [3.8, 4) is 0 Å². The van der Waals surface area contributed by atoms with E-state index in [-0.39, 0.29) is 24.5 Å². The maximum atomic E-state index is 12.2. The van der Waals surface area contributed by atoms with Gasteiger partial charge in [-0.05, 0) is 38.8 Å². The minimum absolute atomic E-state index is 0.0113. The first-order valence-corrected chi connectivity index (χ1v) is 6.88. The minimum atomic E-state index is -0.365. The van der Waals surface area contributed by atoms with Crippen molar-refractivity contribution in [2.24, 2.45) is 0 Å². The van der Waals surface area contributed by atoms with E-state index in [1.165, 1.54) is 0 Å². The molecule has 0 fully saturated rings. The Bertz CT molecular complexity index is 432. The lowest BCUT2D eigenvalue weighted by molar-refractivity contribution is -0.150. The molecule has 0 saturated carbocycles. The molecule has 1 rings (SSSR count). The zero-order valence-corrected chi connectivity index (χ0v) is 12.3. The SMILES string of the molecule is CCOC(=O)CN(C(=O)CCc1cccnc1)C(C)C. The molecule has 0 atom stereocenters. The molecular formula is C15H22N2O3. The monoisotopic (exact) mass is 278 g/mol. The number of amides is 1. The average molecular weight is 278 g/mol. The number of carbonyl (C=O) groups excluding carboxylic acids is 2. The predicted octanol–water partition coefficient (Wildman–Crippen LogP) is 1.81. The summed E-state index contributed by atoms with van der Waals surface area (Å²) in [6.45, 7) is 5.87. The molecule has 1 heterocycles. The number of ether oxygens (including phenoxy) is 1. The molecule has 0 spiro atoms. The Morgan fingerprint density at radius 2 is 2.15 bits per heavy atom. The second-order valence-corrected chi connectivity index (χ2v) is 4.78. The maximum Gasteiger partial charge on any atom is 0.325 e. The standard InChI is InChI=1S/C15H22N2O3/c1-4-20-15(19)11-17(12(2)3)14(18)8-7-13-6-5-9-16-10-13/h5-6,9-10,12H,4,7-8,11H2,1-3H3. The van der Waals surface area contributed by atoms with E-state index in [0.29, 0.717) is 19.4 Å². The van der Waals surface area contributed by atoms with Crippen molar-refractivity contribution in [1.29, 1.82) is 0 Å². The van der Waals surface area contributed by atoms with Crippen LogP contribution in [0, 0.1) is 0 Å². The lowest BCUT2D eigenvalue weighted by Crippen LogP contribution is -2.41. The van der Waals surface area contributed by atoms with Gasteiger partial charge in [0.1, 0.15) is 6.54 Å². The van der Waals surface area contributed by atoms with E-state index in [4.69, 9.17) is 4.74 Å². The number of carbonyl (C=O) groups is 2. The summed E-state index contributed by atoms with van der Waals surface area (Å²) in [4.78, 5) is 29.3. The number of esters is 1. The van der Waals surface area contributed by atoms with Gasteiger partial charge < -0.3 is 9.64 Å². The summed E-state index contributed by atoms with van der Waals surface area (Å²) in [7, 11) is 0. The van der Waals surface area contributed by atoms with Crippen molar-refractivity contribution in [1.82, 2.24) is 9.88 Å². The highest BCUT2D eigenvalue weighted by molar-refractivity contribution is 5.82. The fourth-order valence-corrected chi connectivity index (χ4v) is 1.85. The first kappa shape index (κ1) is 16.1. The van der Waals surface area contributed by atoms with Gasteiger partial charge in [0.15, 0.2) is 0 Å². The molecule has 5 heteroatoms. The van der Waals surface area contributed by atoms with Gasteiger partial charge in [-0.15, -0.1) is 0 Å². The molecule has 1 amide bonds. The fourth-order valence-electron chi connectivity index (χ4n) is 1.85. The molecule has 1 aromatic heterocycles. The van der Waals surface area contributed by atoms with Gasteiger partial charge in [-0.2, -0.15) is 0 Å². The Morgan fingerprint density at radius 1 is 1.40 bits per heavy atom.